The molecule has 0 saturated carbocycles. The van der Waals surface area contributed by atoms with Crippen molar-refractivity contribution in [2.45, 2.75) is 6.92 Å². The van der Waals surface area contributed by atoms with Crippen LogP contribution in [0, 0.1) is 12.3 Å². The molecule has 0 N–H and O–H groups in total. The fourth-order valence-corrected chi connectivity index (χ4v) is 2.55. The van der Waals surface area contributed by atoms with E-state index in [9.17, 15) is 0 Å². The molecule has 2 aromatic rings. The van der Waals surface area contributed by atoms with Crippen molar-refractivity contribution in [2.24, 2.45) is 0 Å². The second kappa shape index (κ2) is 6.30. The minimum Gasteiger partial charge on any atom is -0.295 e. The minimum absolute atomic E-state index is 0. The van der Waals surface area contributed by atoms with E-state index in [1.54, 1.807) is 11.3 Å². The van der Waals surface area contributed by atoms with Gasteiger partial charge in [0.2, 0.25) is 0 Å². The Morgan fingerprint density at radius 1 is 1.08 bits per heavy atom. The monoisotopic (exact) mass is 547 g/mol. The van der Waals surface area contributed by atoms with Crippen molar-refractivity contribution in [2.75, 3.05) is 0 Å². The largest absolute Gasteiger partial charge is 0.295 e. The van der Waals surface area contributed by atoms with Gasteiger partial charge < -0.3 is 0 Å². The Morgan fingerprint density at radius 3 is 2.31 bits per heavy atom. The molecule has 0 fully saturated rings. The predicted molar refractivity (Wildman–Crippen MR) is 51.2 cm³/mol. The summed E-state index contributed by atoms with van der Waals surface area (Å²) >= 11 is 3.51. The molecule has 0 bridgehead atoms. The van der Waals surface area contributed by atoms with E-state index in [1.165, 1.54) is 14.6 Å². The topological polar surface area (TPSA) is 0 Å². The van der Waals surface area contributed by atoms with Gasteiger partial charge in [-0.3, -0.25) is 11.3 Å². The first-order valence-electron chi connectivity index (χ1n) is 3.39. The number of hydrogen-bond donors (Lipinski definition) is 0. The Balaban J connectivity index is 0.000000720. The van der Waals surface area contributed by atoms with Gasteiger partial charge in [0.25, 0.3) is 0 Å². The van der Waals surface area contributed by atoms with Gasteiger partial charge in [-0.15, -0.1) is 10.3 Å². The Labute approximate surface area is 115 Å². The van der Waals surface area contributed by atoms with Crippen molar-refractivity contribution in [1.29, 1.82) is 0 Å². The van der Waals surface area contributed by atoms with E-state index < -0.39 is 0 Å². The molecule has 0 aliphatic rings. The van der Waals surface area contributed by atoms with Crippen LogP contribution in [0.1, 0.15) is 4.88 Å². The van der Waals surface area contributed by atoms with Crippen molar-refractivity contribution < 1.29 is 42.1 Å². The van der Waals surface area contributed by atoms with Gasteiger partial charge in [0, 0.05) is 47.0 Å². The molecule has 4 heteroatoms. The van der Waals surface area contributed by atoms with Gasteiger partial charge in [0.15, 0.2) is 0 Å². The second-order valence-electron chi connectivity index (χ2n) is 2.33. The van der Waals surface area contributed by atoms with Crippen LogP contribution in [-0.4, -0.2) is 0 Å². The zero-order chi connectivity index (χ0) is 7.68. The van der Waals surface area contributed by atoms with Crippen LogP contribution in [0.4, 0.5) is 0 Å². The maximum Gasteiger partial charge on any atom is 0.000930 e. The molecular formula is C9H7S2W2-. The average Bonchev–Trinajstić information content (AvgIpc) is 2.55. The summed E-state index contributed by atoms with van der Waals surface area (Å²) in [5, 5.41) is 3.09. The third-order valence-electron chi connectivity index (χ3n) is 1.45. The van der Waals surface area contributed by atoms with Gasteiger partial charge in [-0.1, -0.05) is 6.07 Å². The summed E-state index contributed by atoms with van der Waals surface area (Å²) in [4.78, 5) is 4.05. The van der Waals surface area contributed by atoms with Crippen LogP contribution in [0.15, 0.2) is 24.3 Å². The van der Waals surface area contributed by atoms with E-state index in [-0.39, 0.29) is 42.1 Å². The quantitative estimate of drug-likeness (QED) is 0.480. The van der Waals surface area contributed by atoms with E-state index in [0.29, 0.717) is 0 Å². The van der Waals surface area contributed by atoms with Gasteiger partial charge in [0.1, 0.15) is 0 Å². The maximum atomic E-state index is 3.09. The second-order valence-corrected chi connectivity index (χ2v) is 4.50. The summed E-state index contributed by atoms with van der Waals surface area (Å²) in [6, 6.07) is 8.39. The van der Waals surface area contributed by atoms with Gasteiger partial charge in [-0.2, -0.15) is 23.5 Å². The molecule has 0 unspecified atom stereocenters. The number of aryl methyl sites for hydroxylation is 1. The summed E-state index contributed by atoms with van der Waals surface area (Å²) < 4.78 is 0. The van der Waals surface area contributed by atoms with Crippen LogP contribution in [0.25, 0.3) is 9.75 Å². The minimum atomic E-state index is 0. The third-order valence-corrected chi connectivity index (χ3v) is 3.45. The Kier molecular flexibility index (Phi) is 6.67. The standard InChI is InChI=1S/C9H7S2.2W/c1-7-4-5-9(11-7)8-3-2-6-10-8;;/h2-5H,1H3;;/q-1;;. The molecule has 0 atom stereocenters. The smallest absolute Gasteiger partial charge is 0.000930 e. The molecule has 2 heterocycles. The molecule has 0 saturated heterocycles. The maximum absolute atomic E-state index is 3.09. The molecule has 2 rings (SSSR count). The van der Waals surface area contributed by atoms with Crippen LogP contribution in [-0.2, 0) is 42.1 Å². The first-order chi connectivity index (χ1) is 5.36. The summed E-state index contributed by atoms with van der Waals surface area (Å²) in [6.45, 7) is 2.13. The van der Waals surface area contributed by atoms with Crippen LogP contribution in [0.2, 0.25) is 0 Å². The number of thiophene rings is 2. The summed E-state index contributed by atoms with van der Waals surface area (Å²) in [6.07, 6.45) is 0. The van der Waals surface area contributed by atoms with Crippen molar-refractivity contribution in [3.8, 4) is 9.75 Å². The van der Waals surface area contributed by atoms with E-state index in [0.717, 1.165) is 0 Å². The van der Waals surface area contributed by atoms with E-state index in [1.807, 2.05) is 17.4 Å². The molecule has 0 aliphatic heterocycles. The summed E-state index contributed by atoms with van der Waals surface area (Å²) in [5.74, 6) is 0. The Morgan fingerprint density at radius 2 is 1.85 bits per heavy atom. The number of rotatable bonds is 1. The molecule has 0 spiro atoms. The summed E-state index contributed by atoms with van der Waals surface area (Å²) in [5.41, 5.74) is 0. The average molecular weight is 547 g/mol. The molecule has 2 aromatic heterocycles. The van der Waals surface area contributed by atoms with Crippen molar-refractivity contribution in [1.82, 2.24) is 0 Å². The van der Waals surface area contributed by atoms with Gasteiger partial charge in [-0.05, 0) is 17.9 Å². The molecular weight excluding hydrogens is 540 g/mol. The SMILES string of the molecule is Cc1ccc(-c2cc[c-]s2)s1.[W].[W]. The van der Waals surface area contributed by atoms with Gasteiger partial charge >= 0.3 is 0 Å². The first-order valence-corrected chi connectivity index (χ1v) is 5.02. The predicted octanol–water partition coefficient (Wildman–Crippen LogP) is 3.58. The Hall–Kier alpha value is 0.777. The molecule has 13 heavy (non-hydrogen) atoms. The molecule has 0 amide bonds. The zero-order valence-corrected chi connectivity index (χ0v) is 14.4. The van der Waals surface area contributed by atoms with Crippen LogP contribution < -0.4 is 0 Å². The fraction of sp³-hybridized carbons (Fsp3) is 0.111. The zero-order valence-electron chi connectivity index (χ0n) is 6.94. The fourth-order valence-electron chi connectivity index (χ4n) is 0.941. The molecule has 0 radical (unpaired) electrons. The van der Waals surface area contributed by atoms with Crippen molar-refractivity contribution in [3.63, 3.8) is 0 Å². The van der Waals surface area contributed by atoms with Crippen molar-refractivity contribution >= 4 is 22.7 Å². The van der Waals surface area contributed by atoms with Gasteiger partial charge in [-0.25, -0.2) is 0 Å². The van der Waals surface area contributed by atoms with Crippen LogP contribution >= 0.6 is 22.7 Å². The van der Waals surface area contributed by atoms with Gasteiger partial charge in [0.05, 0.1) is 0 Å². The van der Waals surface area contributed by atoms with E-state index >= 15 is 0 Å². The molecule has 68 valence electrons. The van der Waals surface area contributed by atoms with Crippen LogP contribution in [0.3, 0.4) is 0 Å². The molecule has 0 aromatic carbocycles. The molecule has 0 nitrogen and oxygen atoms in total. The van der Waals surface area contributed by atoms with E-state index in [2.05, 4.69) is 30.5 Å². The van der Waals surface area contributed by atoms with E-state index in [4.69, 9.17) is 0 Å². The third kappa shape index (κ3) is 3.44. The van der Waals surface area contributed by atoms with Crippen molar-refractivity contribution in [3.05, 3.63) is 34.5 Å². The molecule has 0 aliphatic carbocycles. The number of hydrogen-bond acceptors (Lipinski definition) is 2. The summed E-state index contributed by atoms with van der Waals surface area (Å²) in [7, 11) is 0. The Bertz CT molecular complexity index is 338. The first kappa shape index (κ1) is 13.8. The van der Waals surface area contributed by atoms with Crippen LogP contribution in [0.5, 0.6) is 0 Å². The normalized spacial score (nSPS) is 8.69.